The van der Waals surface area contributed by atoms with Gasteiger partial charge < -0.3 is 15.5 Å². The van der Waals surface area contributed by atoms with Crippen LogP contribution in [0.3, 0.4) is 0 Å². The molecule has 4 heterocycles. The first-order valence-electron chi connectivity index (χ1n) is 9.58. The van der Waals surface area contributed by atoms with Gasteiger partial charge in [0.25, 0.3) is 5.91 Å². The number of anilines is 1. The third-order valence-electron chi connectivity index (χ3n) is 5.38. The maximum atomic E-state index is 12.7. The number of halogens is 3. The highest BCUT2D eigenvalue weighted by molar-refractivity contribution is 8.01. The molecule has 30 heavy (non-hydrogen) atoms. The summed E-state index contributed by atoms with van der Waals surface area (Å²) in [5.74, 6) is -1.61. The van der Waals surface area contributed by atoms with Crippen molar-refractivity contribution in [2.24, 2.45) is 5.92 Å². The van der Waals surface area contributed by atoms with E-state index in [9.17, 15) is 22.8 Å². The van der Waals surface area contributed by atoms with Gasteiger partial charge >= 0.3 is 12.1 Å². The Morgan fingerprint density at radius 3 is 2.50 bits per heavy atom. The van der Waals surface area contributed by atoms with Crippen LogP contribution in [-0.2, 0) is 4.79 Å². The highest BCUT2D eigenvalue weighted by Gasteiger charge is 2.39. The van der Waals surface area contributed by atoms with Crippen molar-refractivity contribution in [3.8, 4) is 0 Å². The summed E-state index contributed by atoms with van der Waals surface area (Å²) in [7, 11) is 0. The lowest BCUT2D eigenvalue weighted by Crippen LogP contribution is -2.57. The second kappa shape index (κ2) is 8.60. The highest BCUT2D eigenvalue weighted by atomic mass is 32.2. The fourth-order valence-corrected chi connectivity index (χ4v) is 5.90. The standard InChI is InChI=1S/C20H20F3N3O2S2/c21-20(22,23)19(28)25-13-3-1-2-4-15(13)29-17-6-5-16(30-17)18(27)24-14-11-26-9-7-12(14)8-10-26/h1-6,12,14H,7-11H2,(H,24,27)(H,25,28)/t14-/m0/s1. The third-order valence-corrected chi connectivity index (χ3v) is 7.67. The Bertz CT molecular complexity index is 939. The molecule has 0 radical (unpaired) electrons. The molecule has 0 spiro atoms. The maximum absolute atomic E-state index is 12.7. The minimum Gasteiger partial charge on any atom is -0.347 e. The molecule has 0 aliphatic carbocycles. The summed E-state index contributed by atoms with van der Waals surface area (Å²) in [4.78, 5) is 27.3. The first-order valence-corrected chi connectivity index (χ1v) is 11.2. The van der Waals surface area contributed by atoms with E-state index >= 15 is 0 Å². The number of amides is 2. The van der Waals surface area contributed by atoms with Crippen LogP contribution in [0.5, 0.6) is 0 Å². The summed E-state index contributed by atoms with van der Waals surface area (Å²) in [5.41, 5.74) is 0.0801. The lowest BCUT2D eigenvalue weighted by atomic mass is 9.84. The van der Waals surface area contributed by atoms with Crippen LogP contribution in [0.4, 0.5) is 18.9 Å². The van der Waals surface area contributed by atoms with E-state index in [0.717, 1.165) is 36.7 Å². The molecule has 1 aromatic carbocycles. The molecular formula is C20H20F3N3O2S2. The molecule has 10 heteroatoms. The van der Waals surface area contributed by atoms with Crippen molar-refractivity contribution in [1.82, 2.24) is 10.2 Å². The molecule has 1 aromatic heterocycles. The van der Waals surface area contributed by atoms with Gasteiger partial charge in [0.05, 0.1) is 14.8 Å². The Balaban J connectivity index is 1.41. The molecule has 2 aromatic rings. The average Bonchev–Trinajstić information content (AvgIpc) is 3.18. The Hall–Kier alpha value is -2.04. The Labute approximate surface area is 180 Å². The molecular weight excluding hydrogens is 435 g/mol. The second-order valence-corrected chi connectivity index (χ2v) is 9.81. The van der Waals surface area contributed by atoms with Crippen molar-refractivity contribution in [2.75, 3.05) is 25.0 Å². The van der Waals surface area contributed by atoms with E-state index in [1.807, 2.05) is 5.32 Å². The molecule has 5 nitrogen and oxygen atoms in total. The molecule has 160 valence electrons. The van der Waals surface area contributed by atoms with E-state index < -0.39 is 12.1 Å². The first kappa shape index (κ1) is 21.2. The number of alkyl halides is 3. The molecule has 3 fully saturated rings. The zero-order valence-corrected chi connectivity index (χ0v) is 17.5. The van der Waals surface area contributed by atoms with E-state index in [1.165, 1.54) is 29.2 Å². The molecule has 3 aliphatic heterocycles. The van der Waals surface area contributed by atoms with Gasteiger partial charge in [-0.15, -0.1) is 11.3 Å². The van der Waals surface area contributed by atoms with Gasteiger partial charge in [-0.2, -0.15) is 13.2 Å². The van der Waals surface area contributed by atoms with Gasteiger partial charge in [0.1, 0.15) is 0 Å². The number of piperidine rings is 3. The smallest absolute Gasteiger partial charge is 0.347 e. The molecule has 3 aliphatic rings. The first-order chi connectivity index (χ1) is 14.3. The molecule has 2 amide bonds. The maximum Gasteiger partial charge on any atom is 0.471 e. The van der Waals surface area contributed by atoms with Crippen molar-refractivity contribution in [3.63, 3.8) is 0 Å². The van der Waals surface area contributed by atoms with Gasteiger partial charge in [-0.3, -0.25) is 9.59 Å². The zero-order valence-electron chi connectivity index (χ0n) is 15.9. The number of nitrogens with one attached hydrogen (secondary N) is 2. The molecule has 3 saturated heterocycles. The number of fused-ring (bicyclic) bond motifs is 3. The summed E-state index contributed by atoms with van der Waals surface area (Å²) < 4.78 is 38.5. The molecule has 1 atom stereocenters. The lowest BCUT2D eigenvalue weighted by molar-refractivity contribution is -0.167. The molecule has 2 N–H and O–H groups in total. The van der Waals surface area contributed by atoms with Crippen LogP contribution in [0.25, 0.3) is 0 Å². The van der Waals surface area contributed by atoms with Gasteiger partial charge in [0.2, 0.25) is 0 Å². The van der Waals surface area contributed by atoms with Gasteiger partial charge in [-0.25, -0.2) is 0 Å². The fourth-order valence-electron chi connectivity index (χ4n) is 3.83. The lowest BCUT2D eigenvalue weighted by Gasteiger charge is -2.44. The second-order valence-electron chi connectivity index (χ2n) is 7.39. The largest absolute Gasteiger partial charge is 0.471 e. The zero-order chi connectivity index (χ0) is 21.3. The topological polar surface area (TPSA) is 61.4 Å². The average molecular weight is 456 g/mol. The molecule has 5 rings (SSSR count). The van der Waals surface area contributed by atoms with Crippen molar-refractivity contribution in [2.45, 2.75) is 34.2 Å². The number of carbonyl (C=O) groups excluding carboxylic acids is 2. The number of thiophene rings is 1. The summed E-state index contributed by atoms with van der Waals surface area (Å²) in [5, 5.41) is 5.04. The summed E-state index contributed by atoms with van der Waals surface area (Å²) >= 11 is 2.49. The summed E-state index contributed by atoms with van der Waals surface area (Å²) in [6, 6.07) is 9.93. The van der Waals surface area contributed by atoms with E-state index in [1.54, 1.807) is 30.3 Å². The summed E-state index contributed by atoms with van der Waals surface area (Å²) in [6.07, 6.45) is -2.74. The fraction of sp³-hybridized carbons (Fsp3) is 0.400. The third kappa shape index (κ3) is 4.81. The van der Waals surface area contributed by atoms with Crippen molar-refractivity contribution < 1.29 is 22.8 Å². The summed E-state index contributed by atoms with van der Waals surface area (Å²) in [6.45, 7) is 3.08. The Morgan fingerprint density at radius 2 is 1.83 bits per heavy atom. The van der Waals surface area contributed by atoms with E-state index in [2.05, 4.69) is 10.2 Å². The van der Waals surface area contributed by atoms with Crippen LogP contribution in [0, 0.1) is 5.92 Å². The normalized spacial score (nSPS) is 23.2. The van der Waals surface area contributed by atoms with Crippen LogP contribution in [-0.4, -0.2) is 48.6 Å². The Morgan fingerprint density at radius 1 is 1.10 bits per heavy atom. The monoisotopic (exact) mass is 455 g/mol. The van der Waals surface area contributed by atoms with Gasteiger partial charge in [-0.1, -0.05) is 23.9 Å². The van der Waals surface area contributed by atoms with Crippen molar-refractivity contribution in [3.05, 3.63) is 41.3 Å². The number of para-hydroxylation sites is 1. The quantitative estimate of drug-likeness (QED) is 0.709. The van der Waals surface area contributed by atoms with Crippen molar-refractivity contribution >= 4 is 40.6 Å². The van der Waals surface area contributed by atoms with E-state index in [-0.39, 0.29) is 17.6 Å². The minimum absolute atomic E-state index is 0.0801. The van der Waals surface area contributed by atoms with Crippen LogP contribution < -0.4 is 10.6 Å². The Kier molecular flexibility index (Phi) is 6.08. The van der Waals surface area contributed by atoms with E-state index in [4.69, 9.17) is 0 Å². The molecule has 0 unspecified atom stereocenters. The predicted molar refractivity (Wildman–Crippen MR) is 110 cm³/mol. The van der Waals surface area contributed by atoms with E-state index in [0.29, 0.717) is 15.7 Å². The highest BCUT2D eigenvalue weighted by Crippen LogP contribution is 2.38. The number of hydrogen-bond acceptors (Lipinski definition) is 5. The van der Waals surface area contributed by atoms with Crippen LogP contribution in [0.2, 0.25) is 0 Å². The van der Waals surface area contributed by atoms with Crippen molar-refractivity contribution in [1.29, 1.82) is 0 Å². The SMILES string of the molecule is O=C(N[C@H]1CN2CCC1CC2)c1ccc(Sc2ccccc2NC(=O)C(F)(F)F)s1. The number of hydrogen-bond donors (Lipinski definition) is 2. The van der Waals surface area contributed by atoms with Gasteiger partial charge in [0, 0.05) is 17.5 Å². The van der Waals surface area contributed by atoms with Crippen LogP contribution in [0.1, 0.15) is 22.5 Å². The number of benzene rings is 1. The van der Waals surface area contributed by atoms with Gasteiger partial charge in [0.15, 0.2) is 0 Å². The number of carbonyl (C=O) groups is 2. The predicted octanol–water partition coefficient (Wildman–Crippen LogP) is 4.22. The van der Waals surface area contributed by atoms with Gasteiger partial charge in [-0.05, 0) is 56.1 Å². The number of rotatable bonds is 5. The number of nitrogens with zero attached hydrogens (tertiary/aromatic N) is 1. The molecule has 0 saturated carbocycles. The molecule has 2 bridgehead atoms. The minimum atomic E-state index is -4.96. The van der Waals surface area contributed by atoms with Crippen LogP contribution >= 0.6 is 23.1 Å². The van der Waals surface area contributed by atoms with Crippen LogP contribution in [0.15, 0.2) is 45.5 Å².